The molecule has 2 aromatic carbocycles. The van der Waals surface area contributed by atoms with Gasteiger partial charge in [0.05, 0.1) is 30.1 Å². The molecule has 0 aliphatic carbocycles. The topological polar surface area (TPSA) is 88.6 Å². The molecule has 0 radical (unpaired) electrons. The molecular weight excluding hydrogens is 354 g/mol. The standard InChI is InChI=1S/C22H21N3O3/c23-19-11-16(15-5-2-1-3-6-15)8-9-20(19)24-22(27)17-12-21(26)25(13-17)14-18-7-4-10-28-18/h1-11,17H,12-14,23H2,(H,24,27). The number of rotatable bonds is 5. The van der Waals surface area contributed by atoms with E-state index in [4.69, 9.17) is 10.2 Å². The number of nitrogen functional groups attached to an aromatic ring is 1. The van der Waals surface area contributed by atoms with Crippen molar-refractivity contribution in [3.05, 3.63) is 72.7 Å². The molecule has 1 saturated heterocycles. The molecule has 0 bridgehead atoms. The summed E-state index contributed by atoms with van der Waals surface area (Å²) in [5.74, 6) is 0.0456. The Labute approximate surface area is 162 Å². The number of hydrogen-bond donors (Lipinski definition) is 2. The number of likely N-dealkylation sites (tertiary alicyclic amines) is 1. The van der Waals surface area contributed by atoms with E-state index in [2.05, 4.69) is 5.32 Å². The van der Waals surface area contributed by atoms with Crippen molar-refractivity contribution < 1.29 is 14.0 Å². The summed E-state index contributed by atoms with van der Waals surface area (Å²) >= 11 is 0. The van der Waals surface area contributed by atoms with Crippen LogP contribution in [0.25, 0.3) is 11.1 Å². The maximum atomic E-state index is 12.6. The number of carbonyl (C=O) groups excluding carboxylic acids is 2. The molecule has 1 aromatic heterocycles. The van der Waals surface area contributed by atoms with Gasteiger partial charge in [0, 0.05) is 13.0 Å². The summed E-state index contributed by atoms with van der Waals surface area (Å²) in [5, 5.41) is 2.86. The Bertz CT molecular complexity index is 984. The van der Waals surface area contributed by atoms with Crippen LogP contribution in [0.5, 0.6) is 0 Å². The Balaban J connectivity index is 1.42. The van der Waals surface area contributed by atoms with Gasteiger partial charge in [-0.1, -0.05) is 36.4 Å². The van der Waals surface area contributed by atoms with E-state index in [1.54, 1.807) is 23.3 Å². The van der Waals surface area contributed by atoms with Gasteiger partial charge in [-0.3, -0.25) is 9.59 Å². The summed E-state index contributed by atoms with van der Waals surface area (Å²) in [4.78, 5) is 26.5. The predicted octanol–water partition coefficient (Wildman–Crippen LogP) is 3.52. The van der Waals surface area contributed by atoms with Crippen molar-refractivity contribution in [2.45, 2.75) is 13.0 Å². The lowest BCUT2D eigenvalue weighted by Gasteiger charge is -2.16. The second-order valence-electron chi connectivity index (χ2n) is 6.91. The van der Waals surface area contributed by atoms with E-state index in [0.29, 0.717) is 30.2 Å². The van der Waals surface area contributed by atoms with Crippen LogP contribution in [-0.4, -0.2) is 23.3 Å². The molecule has 3 N–H and O–H groups in total. The van der Waals surface area contributed by atoms with E-state index in [9.17, 15) is 9.59 Å². The summed E-state index contributed by atoms with van der Waals surface area (Å²) in [5.41, 5.74) is 9.24. The largest absolute Gasteiger partial charge is 0.467 e. The molecule has 3 aromatic rings. The van der Waals surface area contributed by atoms with Crippen molar-refractivity contribution >= 4 is 23.2 Å². The Hall–Kier alpha value is -3.54. The number of nitrogens with zero attached hydrogens (tertiary/aromatic N) is 1. The molecule has 2 heterocycles. The predicted molar refractivity (Wildman–Crippen MR) is 107 cm³/mol. The molecule has 1 atom stereocenters. The Morgan fingerprint density at radius 2 is 1.93 bits per heavy atom. The van der Waals surface area contributed by atoms with E-state index in [0.717, 1.165) is 11.1 Å². The van der Waals surface area contributed by atoms with Gasteiger partial charge in [-0.05, 0) is 35.4 Å². The zero-order valence-corrected chi connectivity index (χ0v) is 15.3. The fraction of sp³-hybridized carbons (Fsp3) is 0.182. The van der Waals surface area contributed by atoms with Crippen LogP contribution in [0.2, 0.25) is 0 Å². The molecule has 6 heteroatoms. The van der Waals surface area contributed by atoms with Crippen molar-refractivity contribution in [2.75, 3.05) is 17.6 Å². The van der Waals surface area contributed by atoms with Crippen LogP contribution in [0.15, 0.2) is 71.3 Å². The van der Waals surface area contributed by atoms with Gasteiger partial charge in [0.1, 0.15) is 5.76 Å². The average molecular weight is 375 g/mol. The first-order chi connectivity index (χ1) is 13.6. The minimum Gasteiger partial charge on any atom is -0.467 e. The fourth-order valence-electron chi connectivity index (χ4n) is 3.41. The van der Waals surface area contributed by atoms with Gasteiger partial charge in [-0.15, -0.1) is 0 Å². The quantitative estimate of drug-likeness (QED) is 0.668. The van der Waals surface area contributed by atoms with E-state index < -0.39 is 5.92 Å². The normalized spacial score (nSPS) is 16.4. The number of carbonyl (C=O) groups is 2. The Morgan fingerprint density at radius 3 is 2.64 bits per heavy atom. The van der Waals surface area contributed by atoms with Gasteiger partial charge in [0.15, 0.2) is 0 Å². The maximum Gasteiger partial charge on any atom is 0.229 e. The minimum atomic E-state index is -0.407. The van der Waals surface area contributed by atoms with Crippen LogP contribution in [0.1, 0.15) is 12.2 Å². The van der Waals surface area contributed by atoms with Gasteiger partial charge < -0.3 is 20.4 Å². The lowest BCUT2D eigenvalue weighted by atomic mass is 10.0. The fourth-order valence-corrected chi connectivity index (χ4v) is 3.41. The molecule has 1 aliphatic rings. The second-order valence-corrected chi connectivity index (χ2v) is 6.91. The third kappa shape index (κ3) is 3.76. The minimum absolute atomic E-state index is 0.0519. The smallest absolute Gasteiger partial charge is 0.229 e. The molecular formula is C22H21N3O3. The van der Waals surface area contributed by atoms with Crippen LogP contribution in [0.4, 0.5) is 11.4 Å². The highest BCUT2D eigenvalue weighted by Gasteiger charge is 2.34. The SMILES string of the molecule is Nc1cc(-c2ccccc2)ccc1NC(=O)C1CC(=O)N(Cc2ccco2)C1. The molecule has 1 unspecified atom stereocenters. The van der Waals surface area contributed by atoms with Gasteiger partial charge in [0.2, 0.25) is 11.8 Å². The number of amides is 2. The molecule has 1 fully saturated rings. The third-order valence-electron chi connectivity index (χ3n) is 4.93. The molecule has 142 valence electrons. The van der Waals surface area contributed by atoms with E-state index in [-0.39, 0.29) is 18.2 Å². The van der Waals surface area contributed by atoms with Crippen LogP contribution in [-0.2, 0) is 16.1 Å². The Morgan fingerprint density at radius 1 is 1.11 bits per heavy atom. The highest BCUT2D eigenvalue weighted by Crippen LogP contribution is 2.28. The monoisotopic (exact) mass is 375 g/mol. The van der Waals surface area contributed by atoms with Crippen molar-refractivity contribution in [1.29, 1.82) is 0 Å². The van der Waals surface area contributed by atoms with Crippen LogP contribution in [0.3, 0.4) is 0 Å². The van der Waals surface area contributed by atoms with Gasteiger partial charge in [-0.25, -0.2) is 0 Å². The second kappa shape index (κ2) is 7.60. The van der Waals surface area contributed by atoms with Crippen molar-refractivity contribution in [3.8, 4) is 11.1 Å². The highest BCUT2D eigenvalue weighted by atomic mass is 16.3. The maximum absolute atomic E-state index is 12.6. The summed E-state index contributed by atoms with van der Waals surface area (Å²) < 4.78 is 5.29. The zero-order chi connectivity index (χ0) is 19.5. The molecule has 0 saturated carbocycles. The van der Waals surface area contributed by atoms with Crippen LogP contribution in [0, 0.1) is 5.92 Å². The molecule has 1 aliphatic heterocycles. The lowest BCUT2D eigenvalue weighted by molar-refractivity contribution is -0.128. The van der Waals surface area contributed by atoms with Crippen LogP contribution < -0.4 is 11.1 Å². The molecule has 0 spiro atoms. The number of nitrogens with one attached hydrogen (secondary N) is 1. The summed E-state index contributed by atoms with van der Waals surface area (Å²) in [6.45, 7) is 0.747. The number of anilines is 2. The lowest BCUT2D eigenvalue weighted by Crippen LogP contribution is -2.28. The first kappa shape index (κ1) is 17.9. The van der Waals surface area contributed by atoms with E-state index in [1.807, 2.05) is 48.5 Å². The molecule has 6 nitrogen and oxygen atoms in total. The van der Waals surface area contributed by atoms with Gasteiger partial charge in [0.25, 0.3) is 0 Å². The number of nitrogens with two attached hydrogens (primary N) is 1. The van der Waals surface area contributed by atoms with Crippen LogP contribution >= 0.6 is 0 Å². The summed E-state index contributed by atoms with van der Waals surface area (Å²) in [6.07, 6.45) is 1.76. The van der Waals surface area contributed by atoms with Gasteiger partial charge in [-0.2, -0.15) is 0 Å². The average Bonchev–Trinajstić information content (AvgIpc) is 3.34. The number of hydrogen-bond acceptors (Lipinski definition) is 4. The molecule has 2 amide bonds. The highest BCUT2D eigenvalue weighted by molar-refractivity contribution is 5.99. The Kier molecular flexibility index (Phi) is 4.85. The first-order valence-corrected chi connectivity index (χ1v) is 9.16. The number of benzene rings is 2. The van der Waals surface area contributed by atoms with Crippen molar-refractivity contribution in [3.63, 3.8) is 0 Å². The first-order valence-electron chi connectivity index (χ1n) is 9.16. The van der Waals surface area contributed by atoms with Gasteiger partial charge >= 0.3 is 0 Å². The van der Waals surface area contributed by atoms with Crippen molar-refractivity contribution in [1.82, 2.24) is 4.90 Å². The van der Waals surface area contributed by atoms with E-state index >= 15 is 0 Å². The molecule has 4 rings (SSSR count). The third-order valence-corrected chi connectivity index (χ3v) is 4.93. The summed E-state index contributed by atoms with van der Waals surface area (Å²) in [6, 6.07) is 19.1. The number of furan rings is 1. The summed E-state index contributed by atoms with van der Waals surface area (Å²) in [7, 11) is 0. The van der Waals surface area contributed by atoms with E-state index in [1.165, 1.54) is 0 Å². The molecule has 28 heavy (non-hydrogen) atoms. The zero-order valence-electron chi connectivity index (χ0n) is 15.3. The van der Waals surface area contributed by atoms with Crippen molar-refractivity contribution in [2.24, 2.45) is 5.92 Å².